The molecule has 2 aliphatic heterocycles. The molecule has 1 aromatic carbocycles. The number of ether oxygens (including phenoxy) is 2. The van der Waals surface area contributed by atoms with Crippen LogP contribution in [-0.2, 0) is 4.74 Å². The monoisotopic (exact) mass is 331 g/mol. The van der Waals surface area contributed by atoms with Crippen LogP contribution in [0, 0.1) is 0 Å². The highest BCUT2D eigenvalue weighted by molar-refractivity contribution is 7.13. The van der Waals surface area contributed by atoms with Crippen LogP contribution >= 0.6 is 11.3 Å². The van der Waals surface area contributed by atoms with E-state index in [2.05, 4.69) is 39.5 Å². The second-order valence-electron chi connectivity index (χ2n) is 6.06. The number of thiazole rings is 1. The van der Waals surface area contributed by atoms with Crippen molar-refractivity contribution in [3.8, 4) is 5.75 Å². The van der Waals surface area contributed by atoms with Gasteiger partial charge in [0.05, 0.1) is 24.9 Å². The van der Waals surface area contributed by atoms with Gasteiger partial charge in [-0.1, -0.05) is 0 Å². The third-order valence-electron chi connectivity index (χ3n) is 4.49. The number of nitrogen functional groups attached to an aromatic ring is 1. The van der Waals surface area contributed by atoms with Crippen molar-refractivity contribution in [2.75, 3.05) is 30.4 Å². The van der Waals surface area contributed by atoms with Gasteiger partial charge in [0.15, 0.2) is 5.13 Å². The van der Waals surface area contributed by atoms with E-state index in [1.807, 2.05) is 0 Å². The molecule has 0 saturated carbocycles. The second-order valence-corrected chi connectivity index (χ2v) is 6.95. The zero-order valence-corrected chi connectivity index (χ0v) is 13.8. The first-order chi connectivity index (χ1) is 11.3. The van der Waals surface area contributed by atoms with Crippen molar-refractivity contribution in [1.82, 2.24) is 4.98 Å². The molecule has 2 aliphatic rings. The molecule has 2 fully saturated rings. The Morgan fingerprint density at radius 2 is 2.13 bits per heavy atom. The number of rotatable bonds is 4. The van der Waals surface area contributed by atoms with E-state index in [1.54, 1.807) is 0 Å². The number of nitrogens with zero attached hydrogens (tertiary/aromatic N) is 2. The first-order valence-corrected chi connectivity index (χ1v) is 8.99. The molecule has 2 N–H and O–H groups in total. The molecule has 0 aliphatic carbocycles. The number of nitrogens with two attached hydrogens (primary N) is 1. The number of hydrogen-bond acceptors (Lipinski definition) is 6. The number of hydrogen-bond donors (Lipinski definition) is 1. The van der Waals surface area contributed by atoms with Crippen LogP contribution in [0.25, 0.3) is 0 Å². The summed E-state index contributed by atoms with van der Waals surface area (Å²) in [4.78, 5) is 6.88. The molecule has 3 heterocycles. The van der Waals surface area contributed by atoms with Gasteiger partial charge in [0.25, 0.3) is 0 Å². The Morgan fingerprint density at radius 3 is 2.83 bits per heavy atom. The predicted octanol–water partition coefficient (Wildman–Crippen LogP) is 3.23. The van der Waals surface area contributed by atoms with E-state index in [0.29, 0.717) is 17.8 Å². The molecule has 23 heavy (non-hydrogen) atoms. The molecule has 1 aromatic heterocycles. The molecule has 0 bridgehead atoms. The smallest absolute Gasteiger partial charge is 0.180 e. The summed E-state index contributed by atoms with van der Waals surface area (Å²) in [6.45, 7) is 2.55. The van der Waals surface area contributed by atoms with E-state index < -0.39 is 0 Å². The van der Waals surface area contributed by atoms with E-state index >= 15 is 0 Å². The molecule has 0 spiro atoms. The van der Waals surface area contributed by atoms with E-state index in [-0.39, 0.29) is 6.10 Å². The van der Waals surface area contributed by atoms with Gasteiger partial charge in [-0.25, -0.2) is 4.98 Å². The molecule has 6 heteroatoms. The molecule has 2 aromatic rings. The van der Waals surface area contributed by atoms with E-state index in [4.69, 9.17) is 15.2 Å². The highest BCUT2D eigenvalue weighted by atomic mass is 32.1. The van der Waals surface area contributed by atoms with Crippen LogP contribution in [0.15, 0.2) is 29.6 Å². The molecule has 0 radical (unpaired) electrons. The number of aromatic nitrogens is 1. The summed E-state index contributed by atoms with van der Waals surface area (Å²) in [5.41, 5.74) is 8.10. The lowest BCUT2D eigenvalue weighted by Gasteiger charge is -2.26. The van der Waals surface area contributed by atoms with Crippen LogP contribution in [0.5, 0.6) is 5.75 Å². The summed E-state index contributed by atoms with van der Waals surface area (Å²) in [5.74, 6) is 0.915. The highest BCUT2D eigenvalue weighted by Crippen LogP contribution is 2.37. The van der Waals surface area contributed by atoms with Gasteiger partial charge < -0.3 is 20.1 Å². The van der Waals surface area contributed by atoms with Gasteiger partial charge >= 0.3 is 0 Å². The maximum Gasteiger partial charge on any atom is 0.180 e. The summed E-state index contributed by atoms with van der Waals surface area (Å²) in [6, 6.07) is 8.72. The number of benzene rings is 1. The lowest BCUT2D eigenvalue weighted by molar-refractivity contribution is 0.141. The third-order valence-corrected chi connectivity index (χ3v) is 5.19. The standard InChI is InChI=1S/C17H21N3O2S/c18-17-19-15(11-23-17)16-2-1-8-20(16)12-3-5-13(6-4-12)22-14-7-9-21-10-14/h3-6,11,14,16H,1-2,7-10H2,(H2,18,19)/t14-,16+/m0/s1. The lowest BCUT2D eigenvalue weighted by atomic mass is 10.1. The summed E-state index contributed by atoms with van der Waals surface area (Å²) >= 11 is 1.52. The minimum atomic E-state index is 0.193. The summed E-state index contributed by atoms with van der Waals surface area (Å²) in [7, 11) is 0. The topological polar surface area (TPSA) is 60.6 Å². The Kier molecular flexibility index (Phi) is 4.10. The van der Waals surface area contributed by atoms with Crippen molar-refractivity contribution in [1.29, 1.82) is 0 Å². The molecule has 2 saturated heterocycles. The Bertz CT molecular complexity index is 652. The van der Waals surface area contributed by atoms with Crippen LogP contribution in [0.2, 0.25) is 0 Å². The van der Waals surface area contributed by atoms with Gasteiger partial charge in [0.1, 0.15) is 11.9 Å². The molecular formula is C17H21N3O2S. The zero-order valence-electron chi connectivity index (χ0n) is 13.0. The van der Waals surface area contributed by atoms with Crippen molar-refractivity contribution in [2.45, 2.75) is 31.4 Å². The average Bonchev–Trinajstić information content (AvgIpc) is 3.29. The fourth-order valence-electron chi connectivity index (χ4n) is 3.35. The van der Waals surface area contributed by atoms with Gasteiger partial charge in [-0.05, 0) is 37.1 Å². The first-order valence-electron chi connectivity index (χ1n) is 8.11. The van der Waals surface area contributed by atoms with Crippen molar-refractivity contribution >= 4 is 22.2 Å². The van der Waals surface area contributed by atoms with Gasteiger partial charge in [-0.3, -0.25) is 0 Å². The van der Waals surface area contributed by atoms with Crippen molar-refractivity contribution < 1.29 is 9.47 Å². The molecule has 5 nitrogen and oxygen atoms in total. The van der Waals surface area contributed by atoms with Crippen LogP contribution in [0.1, 0.15) is 31.0 Å². The van der Waals surface area contributed by atoms with Crippen LogP contribution in [0.4, 0.5) is 10.8 Å². The summed E-state index contributed by atoms with van der Waals surface area (Å²) < 4.78 is 11.3. The van der Waals surface area contributed by atoms with E-state index in [1.165, 1.54) is 23.4 Å². The maximum absolute atomic E-state index is 5.94. The Hall–Kier alpha value is -1.79. The molecule has 0 unspecified atom stereocenters. The van der Waals surface area contributed by atoms with E-state index in [0.717, 1.165) is 37.4 Å². The first kappa shape index (κ1) is 14.8. The molecule has 0 amide bonds. The molecular weight excluding hydrogens is 310 g/mol. The largest absolute Gasteiger partial charge is 0.488 e. The SMILES string of the molecule is Nc1nc([C@H]2CCCN2c2ccc(O[C@H]3CCOC3)cc2)cs1. The maximum atomic E-state index is 5.94. The fourth-order valence-corrected chi connectivity index (χ4v) is 3.96. The molecule has 2 atom stereocenters. The summed E-state index contributed by atoms with van der Waals surface area (Å²) in [6.07, 6.45) is 3.47. The van der Waals surface area contributed by atoms with Crippen LogP contribution < -0.4 is 15.4 Å². The molecule has 4 rings (SSSR count). The lowest BCUT2D eigenvalue weighted by Crippen LogP contribution is -2.22. The quantitative estimate of drug-likeness (QED) is 0.932. The van der Waals surface area contributed by atoms with Gasteiger partial charge in [-0.2, -0.15) is 0 Å². The predicted molar refractivity (Wildman–Crippen MR) is 92.1 cm³/mol. The van der Waals surface area contributed by atoms with Crippen molar-refractivity contribution in [3.05, 3.63) is 35.3 Å². The van der Waals surface area contributed by atoms with Crippen molar-refractivity contribution in [3.63, 3.8) is 0 Å². The second kappa shape index (κ2) is 6.37. The van der Waals surface area contributed by atoms with E-state index in [9.17, 15) is 0 Å². The molecule has 122 valence electrons. The van der Waals surface area contributed by atoms with Crippen LogP contribution in [-0.4, -0.2) is 30.8 Å². The zero-order chi connectivity index (χ0) is 15.6. The minimum absolute atomic E-state index is 0.193. The van der Waals surface area contributed by atoms with Gasteiger partial charge in [0.2, 0.25) is 0 Å². The normalized spacial score (nSPS) is 24.3. The average molecular weight is 331 g/mol. The van der Waals surface area contributed by atoms with Gasteiger partial charge in [-0.15, -0.1) is 11.3 Å². The minimum Gasteiger partial charge on any atom is -0.488 e. The van der Waals surface area contributed by atoms with Gasteiger partial charge in [0, 0.05) is 24.0 Å². The summed E-state index contributed by atoms with van der Waals surface area (Å²) in [5, 5.41) is 2.73. The van der Waals surface area contributed by atoms with Crippen molar-refractivity contribution in [2.24, 2.45) is 0 Å². The van der Waals surface area contributed by atoms with Crippen LogP contribution in [0.3, 0.4) is 0 Å². The Balaban J connectivity index is 1.48. The highest BCUT2D eigenvalue weighted by Gasteiger charge is 2.28. The Labute approximate surface area is 140 Å². The fraction of sp³-hybridized carbons (Fsp3) is 0.471. The number of anilines is 2. The third kappa shape index (κ3) is 3.14. The Morgan fingerprint density at radius 1 is 1.26 bits per heavy atom.